The lowest BCUT2D eigenvalue weighted by Crippen LogP contribution is -2.56. The van der Waals surface area contributed by atoms with E-state index in [1.54, 1.807) is 16.4 Å². The van der Waals surface area contributed by atoms with Crippen LogP contribution in [-0.2, 0) is 7.05 Å². The number of nitrogens with zero attached hydrogens (tertiary/aromatic N) is 3. The molecule has 2 aliphatic carbocycles. The third kappa shape index (κ3) is 1.70. The molecule has 0 fully saturated rings. The first-order chi connectivity index (χ1) is 10.9. The predicted molar refractivity (Wildman–Crippen MR) is 94.1 cm³/mol. The van der Waals surface area contributed by atoms with Gasteiger partial charge in [-0.25, -0.2) is 23.5 Å². The molecule has 3 heterocycles. The molecule has 0 aromatic carbocycles. The molecular formula is C19H27N3O2. The molecule has 5 rings (SSSR count). The van der Waals surface area contributed by atoms with E-state index < -0.39 is 0 Å². The Morgan fingerprint density at radius 2 is 1.38 bits per heavy atom. The van der Waals surface area contributed by atoms with Crippen LogP contribution in [-0.4, -0.2) is 13.9 Å². The van der Waals surface area contributed by atoms with Crippen LogP contribution in [0.1, 0.15) is 53.6 Å². The fraction of sp³-hybridized carbons (Fsp3) is 0.684. The second-order valence-corrected chi connectivity index (χ2v) is 9.60. The van der Waals surface area contributed by atoms with Gasteiger partial charge in [0.1, 0.15) is 0 Å². The normalized spacial score (nSPS) is 31.1. The van der Waals surface area contributed by atoms with Crippen molar-refractivity contribution < 1.29 is 0 Å². The highest BCUT2D eigenvalue weighted by molar-refractivity contribution is 5.41. The van der Waals surface area contributed by atoms with Crippen molar-refractivity contribution in [3.05, 3.63) is 44.3 Å². The van der Waals surface area contributed by atoms with E-state index >= 15 is 0 Å². The van der Waals surface area contributed by atoms with Gasteiger partial charge in [-0.3, -0.25) is 0 Å². The van der Waals surface area contributed by atoms with Gasteiger partial charge in [0.2, 0.25) is 0 Å². The Morgan fingerprint density at radius 3 is 1.92 bits per heavy atom. The van der Waals surface area contributed by atoms with Crippen molar-refractivity contribution >= 4 is 0 Å². The van der Waals surface area contributed by atoms with Crippen molar-refractivity contribution in [3.63, 3.8) is 0 Å². The number of rotatable bonds is 0. The summed E-state index contributed by atoms with van der Waals surface area (Å²) in [5, 5.41) is 0. The molecule has 130 valence electrons. The maximum Gasteiger partial charge on any atom is 0.347 e. The standard InChI is InChI=1S/C19H27N3O2/c1-18(2,3)11-8-10-13-9-12(19(4,5)6)15(14(10)11)22-17(24)20(7)16(23)21(13)22/h8-10,13-15H,1-7H3/t10-,13-,14-,15-/m0/s1. The van der Waals surface area contributed by atoms with Crippen molar-refractivity contribution in [2.75, 3.05) is 0 Å². The molecule has 0 saturated carbocycles. The van der Waals surface area contributed by atoms with Gasteiger partial charge in [-0.05, 0) is 16.4 Å². The Balaban J connectivity index is 1.99. The quantitative estimate of drug-likeness (QED) is 0.687. The first-order valence-electron chi connectivity index (χ1n) is 8.79. The highest BCUT2D eigenvalue weighted by atomic mass is 16.2. The van der Waals surface area contributed by atoms with Crippen LogP contribution in [0.15, 0.2) is 32.9 Å². The smallest absolute Gasteiger partial charge is 0.246 e. The van der Waals surface area contributed by atoms with Crippen molar-refractivity contribution in [1.29, 1.82) is 0 Å². The Hall–Kier alpha value is -1.78. The maximum absolute atomic E-state index is 12.8. The molecule has 0 amide bonds. The average molecular weight is 329 g/mol. The molecule has 5 nitrogen and oxygen atoms in total. The molecule has 0 spiro atoms. The molecular weight excluding hydrogens is 302 g/mol. The molecule has 5 heteroatoms. The summed E-state index contributed by atoms with van der Waals surface area (Å²) in [6.45, 7) is 13.3. The van der Waals surface area contributed by atoms with Gasteiger partial charge in [0.15, 0.2) is 0 Å². The van der Waals surface area contributed by atoms with E-state index in [9.17, 15) is 9.59 Å². The van der Waals surface area contributed by atoms with E-state index in [0.717, 1.165) is 0 Å². The molecule has 0 saturated heterocycles. The highest BCUT2D eigenvalue weighted by Crippen LogP contribution is 2.61. The van der Waals surface area contributed by atoms with Crippen LogP contribution in [0.4, 0.5) is 0 Å². The zero-order valence-corrected chi connectivity index (χ0v) is 15.6. The molecule has 4 atom stereocenters. The first kappa shape index (κ1) is 15.7. The Labute approximate surface area is 142 Å². The fourth-order valence-electron chi connectivity index (χ4n) is 4.85. The number of allylic oxidation sites excluding steroid dienone is 4. The van der Waals surface area contributed by atoms with E-state index in [1.807, 2.05) is 0 Å². The van der Waals surface area contributed by atoms with Crippen molar-refractivity contribution in [1.82, 2.24) is 13.9 Å². The highest BCUT2D eigenvalue weighted by Gasteiger charge is 2.57. The first-order valence-corrected chi connectivity index (χ1v) is 8.79. The lowest BCUT2D eigenvalue weighted by Gasteiger charge is -2.57. The lowest BCUT2D eigenvalue weighted by atomic mass is 9.54. The van der Waals surface area contributed by atoms with E-state index in [1.165, 1.54) is 15.7 Å². The summed E-state index contributed by atoms with van der Waals surface area (Å²) in [5.74, 6) is 0.656. The van der Waals surface area contributed by atoms with E-state index in [-0.39, 0.29) is 34.3 Å². The number of aromatic nitrogens is 3. The minimum atomic E-state index is -0.199. The minimum Gasteiger partial charge on any atom is -0.246 e. The van der Waals surface area contributed by atoms with Gasteiger partial charge >= 0.3 is 11.4 Å². The third-order valence-corrected chi connectivity index (χ3v) is 6.03. The molecule has 1 aromatic heterocycles. The van der Waals surface area contributed by atoms with Gasteiger partial charge in [-0.15, -0.1) is 0 Å². The van der Waals surface area contributed by atoms with Crippen LogP contribution >= 0.6 is 0 Å². The van der Waals surface area contributed by atoms with Crippen molar-refractivity contribution in [2.24, 2.45) is 29.7 Å². The Bertz CT molecular complexity index is 908. The minimum absolute atomic E-state index is 0.0248. The Kier molecular flexibility index (Phi) is 2.78. The van der Waals surface area contributed by atoms with Crippen LogP contribution in [0, 0.1) is 22.7 Å². The topological polar surface area (TPSA) is 48.9 Å². The van der Waals surface area contributed by atoms with Gasteiger partial charge in [0.05, 0.1) is 12.1 Å². The predicted octanol–water partition coefficient (Wildman–Crippen LogP) is 2.65. The van der Waals surface area contributed by atoms with Crippen molar-refractivity contribution in [3.8, 4) is 0 Å². The van der Waals surface area contributed by atoms with Crippen LogP contribution in [0.5, 0.6) is 0 Å². The van der Waals surface area contributed by atoms with Crippen LogP contribution in [0.25, 0.3) is 0 Å². The van der Waals surface area contributed by atoms with E-state index in [0.29, 0.717) is 11.8 Å². The molecule has 0 unspecified atom stereocenters. The third-order valence-electron chi connectivity index (χ3n) is 6.03. The largest absolute Gasteiger partial charge is 0.347 e. The summed E-state index contributed by atoms with van der Waals surface area (Å²) in [7, 11) is 1.58. The molecule has 24 heavy (non-hydrogen) atoms. The molecule has 0 radical (unpaired) electrons. The zero-order chi connectivity index (χ0) is 17.8. The van der Waals surface area contributed by atoms with E-state index in [2.05, 4.69) is 53.7 Å². The average Bonchev–Trinajstić information content (AvgIpc) is 2.62. The summed E-state index contributed by atoms with van der Waals surface area (Å²) < 4.78 is 4.69. The SMILES string of the molecule is Cn1c(=O)n2n(c1=O)[C@H]1C(C(C)(C)C)=C[C@H]2[C@@H]2C=C(C(C)(C)C)[C@H]21. The lowest BCUT2D eigenvalue weighted by molar-refractivity contribution is 0.0840. The van der Waals surface area contributed by atoms with Crippen LogP contribution in [0.3, 0.4) is 0 Å². The van der Waals surface area contributed by atoms with Crippen LogP contribution < -0.4 is 11.4 Å². The number of hydrogen-bond donors (Lipinski definition) is 0. The van der Waals surface area contributed by atoms with Gasteiger partial charge in [-0.2, -0.15) is 0 Å². The summed E-state index contributed by atoms with van der Waals surface area (Å²) in [4.78, 5) is 25.4. The van der Waals surface area contributed by atoms with Gasteiger partial charge in [0.25, 0.3) is 0 Å². The summed E-state index contributed by atoms with van der Waals surface area (Å²) in [6, 6.07) is -0.0812. The summed E-state index contributed by atoms with van der Waals surface area (Å²) in [5.41, 5.74) is 2.38. The number of hydrogen-bond acceptors (Lipinski definition) is 2. The molecule has 0 N–H and O–H groups in total. The van der Waals surface area contributed by atoms with Gasteiger partial charge in [0, 0.05) is 18.9 Å². The van der Waals surface area contributed by atoms with E-state index in [4.69, 9.17) is 0 Å². The maximum atomic E-state index is 12.8. The monoisotopic (exact) mass is 329 g/mol. The summed E-state index contributed by atoms with van der Waals surface area (Å²) >= 11 is 0. The van der Waals surface area contributed by atoms with Gasteiger partial charge in [-0.1, -0.05) is 59.3 Å². The fourth-order valence-corrected chi connectivity index (χ4v) is 4.85. The molecule has 2 bridgehead atoms. The molecule has 4 aliphatic rings. The second kappa shape index (κ2) is 4.24. The van der Waals surface area contributed by atoms with Crippen LogP contribution in [0.2, 0.25) is 0 Å². The Morgan fingerprint density at radius 1 is 0.833 bits per heavy atom. The van der Waals surface area contributed by atoms with Crippen molar-refractivity contribution in [2.45, 2.75) is 53.6 Å². The summed E-state index contributed by atoms with van der Waals surface area (Å²) in [6.07, 6.45) is 4.59. The second-order valence-electron chi connectivity index (χ2n) is 9.60. The molecule has 2 aliphatic heterocycles. The zero-order valence-electron chi connectivity index (χ0n) is 15.6. The molecule has 1 aromatic rings. The van der Waals surface area contributed by atoms with Gasteiger partial charge < -0.3 is 0 Å².